The molecule has 0 aromatic heterocycles. The molecule has 3 aromatic rings. The summed E-state index contributed by atoms with van der Waals surface area (Å²) in [5.74, 6) is 2.50. The SMILES string of the molecule is C=CCCCCCCOc1ccc(-c2ccc(OC(=O)c3ccc(OCCCC(C)CC)cc3)cc2)cc1. The van der Waals surface area contributed by atoms with E-state index < -0.39 is 0 Å². The van der Waals surface area contributed by atoms with E-state index in [4.69, 9.17) is 14.2 Å². The lowest BCUT2D eigenvalue weighted by molar-refractivity contribution is 0.0734. The number of hydrogen-bond donors (Lipinski definition) is 0. The van der Waals surface area contributed by atoms with Crippen molar-refractivity contribution in [1.29, 1.82) is 0 Å². The maximum atomic E-state index is 12.6. The van der Waals surface area contributed by atoms with Crippen molar-refractivity contribution < 1.29 is 19.0 Å². The number of hydrogen-bond acceptors (Lipinski definition) is 4. The molecule has 4 nitrogen and oxygen atoms in total. The van der Waals surface area contributed by atoms with Crippen LogP contribution in [0.3, 0.4) is 0 Å². The number of benzene rings is 3. The predicted molar refractivity (Wildman–Crippen MR) is 156 cm³/mol. The first kappa shape index (κ1) is 29.0. The third-order valence-corrected chi connectivity index (χ3v) is 6.72. The molecular formula is C34H42O4. The Morgan fingerprint density at radius 3 is 1.84 bits per heavy atom. The van der Waals surface area contributed by atoms with Crippen LogP contribution in [0.15, 0.2) is 85.5 Å². The van der Waals surface area contributed by atoms with Crippen molar-refractivity contribution in [2.24, 2.45) is 5.92 Å². The molecule has 0 heterocycles. The minimum Gasteiger partial charge on any atom is -0.494 e. The number of rotatable bonds is 17. The molecular weight excluding hydrogens is 472 g/mol. The summed E-state index contributed by atoms with van der Waals surface area (Å²) in [6.45, 7) is 9.65. The summed E-state index contributed by atoms with van der Waals surface area (Å²) in [4.78, 5) is 12.6. The predicted octanol–water partition coefficient (Wildman–Crippen LogP) is 9.29. The van der Waals surface area contributed by atoms with Gasteiger partial charge in [0.05, 0.1) is 18.8 Å². The summed E-state index contributed by atoms with van der Waals surface area (Å²) in [6.07, 6.45) is 11.1. The van der Waals surface area contributed by atoms with Crippen molar-refractivity contribution in [1.82, 2.24) is 0 Å². The smallest absolute Gasteiger partial charge is 0.343 e. The Balaban J connectivity index is 1.42. The number of unbranched alkanes of at least 4 members (excludes halogenated alkanes) is 4. The van der Waals surface area contributed by atoms with Crippen LogP contribution in [0.5, 0.6) is 17.2 Å². The van der Waals surface area contributed by atoms with Crippen LogP contribution in [-0.4, -0.2) is 19.2 Å². The number of carbonyl (C=O) groups is 1. The van der Waals surface area contributed by atoms with Gasteiger partial charge >= 0.3 is 5.97 Å². The summed E-state index contributed by atoms with van der Waals surface area (Å²) in [5.41, 5.74) is 2.63. The zero-order valence-electron chi connectivity index (χ0n) is 23.0. The second kappa shape index (κ2) is 16.3. The van der Waals surface area contributed by atoms with E-state index >= 15 is 0 Å². The van der Waals surface area contributed by atoms with Gasteiger partial charge in [0.2, 0.25) is 0 Å². The molecule has 1 atom stereocenters. The molecule has 0 amide bonds. The highest BCUT2D eigenvalue weighted by Crippen LogP contribution is 2.25. The van der Waals surface area contributed by atoms with Crippen LogP contribution in [0.2, 0.25) is 0 Å². The van der Waals surface area contributed by atoms with Crippen molar-refractivity contribution in [3.8, 4) is 28.4 Å². The quantitative estimate of drug-likeness (QED) is 0.0779. The van der Waals surface area contributed by atoms with E-state index in [-0.39, 0.29) is 5.97 Å². The van der Waals surface area contributed by atoms with Gasteiger partial charge in [-0.25, -0.2) is 4.79 Å². The number of ether oxygens (including phenoxy) is 3. The Bertz CT molecular complexity index is 1080. The fourth-order valence-corrected chi connectivity index (χ4v) is 4.07. The Labute approximate surface area is 228 Å². The zero-order chi connectivity index (χ0) is 27.0. The lowest BCUT2D eigenvalue weighted by Crippen LogP contribution is -2.08. The highest BCUT2D eigenvalue weighted by Gasteiger charge is 2.10. The Hall–Kier alpha value is -3.53. The fourth-order valence-electron chi connectivity index (χ4n) is 4.07. The first-order valence-corrected chi connectivity index (χ1v) is 14.0. The molecule has 0 N–H and O–H groups in total. The molecule has 3 aromatic carbocycles. The van der Waals surface area contributed by atoms with E-state index in [0.29, 0.717) is 17.9 Å². The van der Waals surface area contributed by atoms with Crippen molar-refractivity contribution >= 4 is 5.97 Å². The largest absolute Gasteiger partial charge is 0.494 e. The molecule has 3 rings (SSSR count). The topological polar surface area (TPSA) is 44.8 Å². The lowest BCUT2D eigenvalue weighted by Gasteiger charge is -2.10. The molecule has 202 valence electrons. The number of allylic oxidation sites excluding steroid dienone is 1. The van der Waals surface area contributed by atoms with Crippen molar-refractivity contribution in [2.45, 2.75) is 65.2 Å². The zero-order valence-corrected chi connectivity index (χ0v) is 23.0. The standard InChI is InChI=1S/C34H42O4/c1-4-6-7-8-9-10-25-36-31-19-13-28(14-20-31)29-15-23-33(24-16-29)38-34(35)30-17-21-32(22-18-30)37-26-11-12-27(3)5-2/h4,13-24,27H,1,5-12,25-26H2,2-3H3. The van der Waals surface area contributed by atoms with E-state index in [0.717, 1.165) is 60.8 Å². The lowest BCUT2D eigenvalue weighted by atomic mass is 10.0. The normalized spacial score (nSPS) is 11.5. The third kappa shape index (κ3) is 10.1. The molecule has 0 radical (unpaired) electrons. The van der Waals surface area contributed by atoms with Crippen LogP contribution >= 0.6 is 0 Å². The molecule has 0 fully saturated rings. The maximum absolute atomic E-state index is 12.6. The summed E-state index contributed by atoms with van der Waals surface area (Å²) in [6, 6.07) is 22.8. The van der Waals surface area contributed by atoms with E-state index in [2.05, 4.69) is 32.6 Å². The molecule has 4 heteroatoms. The molecule has 0 bridgehead atoms. The van der Waals surface area contributed by atoms with Crippen molar-refractivity contribution in [3.63, 3.8) is 0 Å². The average molecular weight is 515 g/mol. The van der Waals surface area contributed by atoms with Crippen LogP contribution in [0.25, 0.3) is 11.1 Å². The van der Waals surface area contributed by atoms with Crippen molar-refractivity contribution in [2.75, 3.05) is 13.2 Å². The minimum absolute atomic E-state index is 0.386. The molecule has 0 aliphatic carbocycles. The van der Waals surface area contributed by atoms with Gasteiger partial charge in [0.25, 0.3) is 0 Å². The van der Waals surface area contributed by atoms with E-state index in [9.17, 15) is 4.79 Å². The molecule has 0 saturated carbocycles. The van der Waals surface area contributed by atoms with Crippen molar-refractivity contribution in [3.05, 3.63) is 91.0 Å². The van der Waals surface area contributed by atoms with Gasteiger partial charge in [-0.15, -0.1) is 6.58 Å². The summed E-state index contributed by atoms with van der Waals surface area (Å²) >= 11 is 0. The van der Waals surface area contributed by atoms with Gasteiger partial charge < -0.3 is 14.2 Å². The van der Waals surface area contributed by atoms with Crippen LogP contribution in [-0.2, 0) is 0 Å². The minimum atomic E-state index is -0.386. The molecule has 0 spiro atoms. The summed E-state index contributed by atoms with van der Waals surface area (Å²) in [7, 11) is 0. The Kier molecular flexibility index (Phi) is 12.5. The highest BCUT2D eigenvalue weighted by molar-refractivity contribution is 5.91. The van der Waals surface area contributed by atoms with Crippen LogP contribution in [0.4, 0.5) is 0 Å². The van der Waals surface area contributed by atoms with Crippen LogP contribution in [0, 0.1) is 5.92 Å². The Morgan fingerprint density at radius 1 is 0.737 bits per heavy atom. The van der Waals surface area contributed by atoms with Crippen LogP contribution in [0.1, 0.15) is 75.6 Å². The van der Waals surface area contributed by atoms with Gasteiger partial charge in [-0.3, -0.25) is 0 Å². The molecule has 1 unspecified atom stereocenters. The number of esters is 1. The van der Waals surface area contributed by atoms with E-state index in [1.54, 1.807) is 12.1 Å². The van der Waals surface area contributed by atoms with Gasteiger partial charge in [0.15, 0.2) is 0 Å². The van der Waals surface area contributed by atoms with E-state index in [1.165, 1.54) is 25.7 Å². The van der Waals surface area contributed by atoms with Gasteiger partial charge in [-0.1, -0.05) is 63.5 Å². The van der Waals surface area contributed by atoms with Crippen LogP contribution < -0.4 is 14.2 Å². The average Bonchev–Trinajstić information content (AvgIpc) is 2.96. The Morgan fingerprint density at radius 2 is 1.26 bits per heavy atom. The molecule has 0 aliphatic rings. The third-order valence-electron chi connectivity index (χ3n) is 6.72. The monoisotopic (exact) mass is 514 g/mol. The second-order valence-corrected chi connectivity index (χ2v) is 9.81. The van der Waals surface area contributed by atoms with Gasteiger partial charge in [-0.05, 0) is 97.7 Å². The second-order valence-electron chi connectivity index (χ2n) is 9.81. The fraction of sp³-hybridized carbons (Fsp3) is 0.382. The number of carbonyl (C=O) groups excluding carboxylic acids is 1. The van der Waals surface area contributed by atoms with Gasteiger partial charge in [-0.2, -0.15) is 0 Å². The highest BCUT2D eigenvalue weighted by atomic mass is 16.5. The molecule has 0 saturated heterocycles. The maximum Gasteiger partial charge on any atom is 0.343 e. The van der Waals surface area contributed by atoms with Gasteiger partial charge in [0.1, 0.15) is 17.2 Å². The molecule has 0 aliphatic heterocycles. The first-order valence-electron chi connectivity index (χ1n) is 14.0. The summed E-state index contributed by atoms with van der Waals surface area (Å²) < 4.78 is 17.2. The molecule has 38 heavy (non-hydrogen) atoms. The first-order chi connectivity index (χ1) is 18.6. The summed E-state index contributed by atoms with van der Waals surface area (Å²) in [5, 5.41) is 0. The van der Waals surface area contributed by atoms with Gasteiger partial charge in [0, 0.05) is 0 Å². The van der Waals surface area contributed by atoms with E-state index in [1.807, 2.05) is 54.6 Å².